The summed E-state index contributed by atoms with van der Waals surface area (Å²) in [6, 6.07) is 0. The smallest absolute Gasteiger partial charge is 0.223 e. The van der Waals surface area contributed by atoms with Gasteiger partial charge in [-0.05, 0) is 38.5 Å². The third-order valence-corrected chi connectivity index (χ3v) is 7.32. The van der Waals surface area contributed by atoms with E-state index in [1.807, 2.05) is 10.4 Å². The van der Waals surface area contributed by atoms with Crippen LogP contribution in [0.3, 0.4) is 0 Å². The summed E-state index contributed by atoms with van der Waals surface area (Å²) < 4.78 is 11.7. The lowest BCUT2D eigenvalue weighted by atomic mass is 9.78. The van der Waals surface area contributed by atoms with Crippen LogP contribution in [-0.2, 0) is 20.8 Å². The van der Waals surface area contributed by atoms with Crippen molar-refractivity contribution in [2.75, 3.05) is 46.0 Å². The summed E-state index contributed by atoms with van der Waals surface area (Å²) in [5.74, 6) is 0.767. The Hall–Kier alpha value is -1.02. The average Bonchev–Trinajstić information content (AvgIpc) is 3.09. The largest absolute Gasteiger partial charge is 0.378 e. The zero-order valence-corrected chi connectivity index (χ0v) is 17.1. The number of morpholine rings is 1. The first kappa shape index (κ1) is 19.3. The van der Waals surface area contributed by atoms with Gasteiger partial charge in [-0.1, -0.05) is 0 Å². The molecule has 27 heavy (non-hydrogen) atoms. The maximum absolute atomic E-state index is 12.6. The van der Waals surface area contributed by atoms with Gasteiger partial charge in [0.05, 0.1) is 30.0 Å². The maximum atomic E-state index is 12.6. The number of rotatable bonds is 4. The van der Waals surface area contributed by atoms with Crippen LogP contribution in [0.4, 0.5) is 0 Å². The van der Waals surface area contributed by atoms with Gasteiger partial charge in [-0.25, -0.2) is 4.98 Å². The van der Waals surface area contributed by atoms with Gasteiger partial charge in [0.2, 0.25) is 5.91 Å². The van der Waals surface area contributed by atoms with E-state index in [4.69, 9.17) is 9.47 Å². The van der Waals surface area contributed by atoms with E-state index < -0.39 is 0 Å². The van der Waals surface area contributed by atoms with E-state index in [2.05, 4.69) is 16.8 Å². The number of thiazole rings is 1. The SMILES string of the molecule is Cc1ncsc1CN1CCC2(CC1)CC(CC(=O)N1CCOCC1)CCO2. The Morgan fingerprint density at radius 1 is 1.26 bits per heavy atom. The highest BCUT2D eigenvalue weighted by Gasteiger charge is 2.41. The van der Waals surface area contributed by atoms with Gasteiger partial charge in [0.15, 0.2) is 0 Å². The van der Waals surface area contributed by atoms with Crippen molar-refractivity contribution in [3.8, 4) is 0 Å². The van der Waals surface area contributed by atoms with Gasteiger partial charge in [0.25, 0.3) is 0 Å². The number of aryl methyl sites for hydroxylation is 1. The van der Waals surface area contributed by atoms with Crippen molar-refractivity contribution in [1.29, 1.82) is 0 Å². The average molecular weight is 394 g/mol. The van der Waals surface area contributed by atoms with Gasteiger partial charge >= 0.3 is 0 Å². The minimum Gasteiger partial charge on any atom is -0.378 e. The van der Waals surface area contributed by atoms with Crippen LogP contribution in [0.15, 0.2) is 5.51 Å². The number of piperidine rings is 1. The Bertz CT molecular complexity index is 636. The van der Waals surface area contributed by atoms with E-state index in [1.54, 1.807) is 11.3 Å². The zero-order chi connectivity index (χ0) is 18.7. The molecule has 7 heteroatoms. The second-order valence-electron chi connectivity index (χ2n) is 8.22. The molecule has 0 bridgehead atoms. The standard InChI is InChI=1S/C20H31N3O3S/c1-16-18(27-15-21-16)14-22-5-3-20(4-6-22)13-17(2-9-26-20)12-19(24)23-7-10-25-11-8-23/h15,17H,2-14H2,1H3. The topological polar surface area (TPSA) is 54.9 Å². The third kappa shape index (κ3) is 4.70. The van der Waals surface area contributed by atoms with Crippen LogP contribution in [0, 0.1) is 12.8 Å². The monoisotopic (exact) mass is 393 g/mol. The lowest BCUT2D eigenvalue weighted by Gasteiger charge is -2.46. The highest BCUT2D eigenvalue weighted by molar-refractivity contribution is 7.09. The fourth-order valence-corrected chi connectivity index (χ4v) is 5.46. The quantitative estimate of drug-likeness (QED) is 0.787. The molecular weight excluding hydrogens is 362 g/mol. The Kier molecular flexibility index (Phi) is 6.12. The summed E-state index contributed by atoms with van der Waals surface area (Å²) in [4.78, 5) is 22.9. The molecule has 3 saturated heterocycles. The Labute approximate surface area is 165 Å². The Morgan fingerprint density at radius 2 is 2.04 bits per heavy atom. The number of amides is 1. The number of aromatic nitrogens is 1. The second-order valence-corrected chi connectivity index (χ2v) is 9.16. The van der Waals surface area contributed by atoms with Gasteiger partial charge < -0.3 is 14.4 Å². The summed E-state index contributed by atoms with van der Waals surface area (Å²) in [7, 11) is 0. The van der Waals surface area contributed by atoms with Gasteiger partial charge in [0, 0.05) is 50.6 Å². The van der Waals surface area contributed by atoms with Crippen LogP contribution in [0.1, 0.15) is 42.7 Å². The summed E-state index contributed by atoms with van der Waals surface area (Å²) in [6.45, 7) is 8.90. The highest BCUT2D eigenvalue weighted by Crippen LogP contribution is 2.39. The van der Waals surface area contributed by atoms with Gasteiger partial charge in [-0.3, -0.25) is 9.69 Å². The number of carbonyl (C=O) groups is 1. The lowest BCUT2D eigenvalue weighted by Crippen LogP contribution is -2.50. The minimum atomic E-state index is -0.00650. The molecule has 150 valence electrons. The molecule has 1 atom stereocenters. The van der Waals surface area contributed by atoms with E-state index in [1.165, 1.54) is 4.88 Å². The summed E-state index contributed by atoms with van der Waals surface area (Å²) >= 11 is 1.76. The number of hydrogen-bond donors (Lipinski definition) is 0. The molecule has 0 radical (unpaired) electrons. The van der Waals surface area contributed by atoms with Crippen molar-refractivity contribution < 1.29 is 14.3 Å². The molecule has 3 aliphatic rings. The molecule has 6 nitrogen and oxygen atoms in total. The summed E-state index contributed by atoms with van der Waals surface area (Å²) in [6.07, 6.45) is 4.88. The van der Waals surface area contributed by atoms with Crippen LogP contribution in [0.2, 0.25) is 0 Å². The van der Waals surface area contributed by atoms with Gasteiger partial charge in [0.1, 0.15) is 0 Å². The molecule has 1 spiro atoms. The Balaban J connectivity index is 1.28. The summed E-state index contributed by atoms with van der Waals surface area (Å²) in [5.41, 5.74) is 3.10. The normalized spacial score (nSPS) is 26.4. The molecule has 3 aliphatic heterocycles. The van der Waals surface area contributed by atoms with Crippen LogP contribution in [0.5, 0.6) is 0 Å². The molecule has 4 heterocycles. The molecule has 1 unspecified atom stereocenters. The van der Waals surface area contributed by atoms with Crippen molar-refractivity contribution in [2.24, 2.45) is 5.92 Å². The van der Waals surface area contributed by atoms with Crippen LogP contribution < -0.4 is 0 Å². The van der Waals surface area contributed by atoms with Crippen LogP contribution in [-0.4, -0.2) is 72.3 Å². The van der Waals surface area contributed by atoms with E-state index in [-0.39, 0.29) is 5.60 Å². The number of likely N-dealkylation sites (tertiary alicyclic amines) is 1. The summed E-state index contributed by atoms with van der Waals surface area (Å²) in [5, 5.41) is 0. The molecule has 4 rings (SSSR count). The zero-order valence-electron chi connectivity index (χ0n) is 16.3. The molecule has 0 aromatic carbocycles. The third-order valence-electron chi connectivity index (χ3n) is 6.40. The highest BCUT2D eigenvalue weighted by atomic mass is 32.1. The minimum absolute atomic E-state index is 0.00650. The maximum Gasteiger partial charge on any atom is 0.223 e. The fraction of sp³-hybridized carbons (Fsp3) is 0.800. The van der Waals surface area contributed by atoms with Gasteiger partial charge in [-0.15, -0.1) is 11.3 Å². The van der Waals surface area contributed by atoms with Crippen molar-refractivity contribution in [1.82, 2.24) is 14.8 Å². The first-order valence-corrected chi connectivity index (χ1v) is 11.1. The van der Waals surface area contributed by atoms with E-state index >= 15 is 0 Å². The molecule has 1 aromatic heterocycles. The van der Waals surface area contributed by atoms with Crippen molar-refractivity contribution in [3.63, 3.8) is 0 Å². The predicted molar refractivity (Wildman–Crippen MR) is 105 cm³/mol. The van der Waals surface area contributed by atoms with Crippen molar-refractivity contribution >= 4 is 17.2 Å². The first-order chi connectivity index (χ1) is 13.1. The van der Waals surface area contributed by atoms with Crippen molar-refractivity contribution in [2.45, 2.75) is 51.2 Å². The van der Waals surface area contributed by atoms with Crippen LogP contribution >= 0.6 is 11.3 Å². The van der Waals surface area contributed by atoms with Crippen molar-refractivity contribution in [3.05, 3.63) is 16.1 Å². The number of carbonyl (C=O) groups excluding carboxylic acids is 1. The first-order valence-electron chi connectivity index (χ1n) is 10.2. The van der Waals surface area contributed by atoms with E-state index in [0.717, 1.165) is 70.7 Å². The fourth-order valence-electron chi connectivity index (χ4n) is 4.64. The number of nitrogens with zero attached hydrogens (tertiary/aromatic N) is 3. The predicted octanol–water partition coefficient (Wildman–Crippen LogP) is 2.46. The van der Waals surface area contributed by atoms with Gasteiger partial charge in [-0.2, -0.15) is 0 Å². The van der Waals surface area contributed by atoms with Crippen LogP contribution in [0.25, 0.3) is 0 Å². The molecule has 1 aromatic rings. The number of ether oxygens (including phenoxy) is 2. The molecule has 0 saturated carbocycles. The molecular formula is C20H31N3O3S. The molecule has 0 N–H and O–H groups in total. The second kappa shape index (κ2) is 8.55. The van der Waals surface area contributed by atoms with E-state index in [9.17, 15) is 4.79 Å². The van der Waals surface area contributed by atoms with E-state index in [0.29, 0.717) is 31.5 Å². The molecule has 3 fully saturated rings. The Morgan fingerprint density at radius 3 is 2.74 bits per heavy atom. The lowest BCUT2D eigenvalue weighted by molar-refractivity contribution is -0.145. The molecule has 0 aliphatic carbocycles. The number of hydrogen-bond acceptors (Lipinski definition) is 6. The molecule has 1 amide bonds.